The van der Waals surface area contributed by atoms with E-state index in [1.807, 2.05) is 6.92 Å². The topological polar surface area (TPSA) is 69.9 Å². The number of amidine groups is 1. The molecular weight excluding hydrogens is 376 g/mol. The molecule has 1 heterocycles. The number of nitrogens with zero attached hydrogens (tertiary/aromatic N) is 2. The molecule has 0 radical (unpaired) electrons. The van der Waals surface area contributed by atoms with Crippen molar-refractivity contribution in [2.24, 2.45) is 4.99 Å². The van der Waals surface area contributed by atoms with Crippen LogP contribution in [0, 0.1) is 0 Å². The van der Waals surface area contributed by atoms with Gasteiger partial charge in [0.05, 0.1) is 6.54 Å². The number of quaternary nitrogens is 1. The van der Waals surface area contributed by atoms with Crippen LogP contribution in [0.3, 0.4) is 0 Å². The number of likely N-dealkylation sites (N-methyl/N-ethyl adjacent to an activating group) is 1. The number of carboxylic acids is 1. The van der Waals surface area contributed by atoms with Gasteiger partial charge in [-0.1, -0.05) is 96.3 Å². The molecule has 0 aromatic heterocycles. The van der Waals surface area contributed by atoms with Gasteiger partial charge in [-0.05, 0) is 19.8 Å². The van der Waals surface area contributed by atoms with Crippen LogP contribution in [0.1, 0.15) is 129 Å². The van der Waals surface area contributed by atoms with E-state index >= 15 is 0 Å². The second-order valence-corrected chi connectivity index (χ2v) is 9.16. The Morgan fingerprint density at radius 2 is 1.17 bits per heavy atom. The lowest BCUT2D eigenvalue weighted by atomic mass is 10.0. The maximum atomic E-state index is 10.4. The van der Waals surface area contributed by atoms with Crippen molar-refractivity contribution < 1.29 is 19.8 Å². The van der Waals surface area contributed by atoms with E-state index in [4.69, 9.17) is 5.11 Å². The summed E-state index contributed by atoms with van der Waals surface area (Å²) in [6.45, 7) is 4.34. The predicted molar refractivity (Wildman–Crippen MR) is 125 cm³/mol. The Bertz CT molecular complexity index is 467. The van der Waals surface area contributed by atoms with E-state index in [-0.39, 0.29) is 4.65 Å². The number of hydrogen-bond donors (Lipinski definition) is 2. The Labute approximate surface area is 185 Å². The van der Waals surface area contributed by atoms with Crippen molar-refractivity contribution >= 4 is 11.8 Å². The summed E-state index contributed by atoms with van der Waals surface area (Å²) in [4.78, 5) is 14.9. The molecule has 1 aliphatic heterocycles. The summed E-state index contributed by atoms with van der Waals surface area (Å²) in [6.07, 6.45) is 23.1. The van der Waals surface area contributed by atoms with E-state index in [0.717, 1.165) is 44.7 Å². The van der Waals surface area contributed by atoms with Gasteiger partial charge in [0.2, 0.25) is 5.84 Å². The van der Waals surface area contributed by atoms with Crippen molar-refractivity contribution in [3.63, 3.8) is 0 Å². The van der Waals surface area contributed by atoms with Crippen LogP contribution in [0.25, 0.3) is 0 Å². The van der Waals surface area contributed by atoms with Crippen LogP contribution in [0.2, 0.25) is 0 Å². The summed E-state index contributed by atoms with van der Waals surface area (Å²) in [5.41, 5.74) is 0. The summed E-state index contributed by atoms with van der Waals surface area (Å²) in [5, 5.41) is 19.0. The fraction of sp³-hybridized carbons (Fsp3) is 0.920. The highest BCUT2D eigenvalue weighted by Gasteiger charge is 2.34. The molecule has 1 aliphatic rings. The van der Waals surface area contributed by atoms with E-state index in [1.165, 1.54) is 96.3 Å². The highest BCUT2D eigenvalue weighted by atomic mass is 16.5. The van der Waals surface area contributed by atoms with Crippen LogP contribution < -0.4 is 0 Å². The Hall–Kier alpha value is -0.940. The zero-order chi connectivity index (χ0) is 21.9. The molecule has 0 saturated heterocycles. The number of hydroxylamine groups is 3. The number of rotatable bonds is 21. The van der Waals surface area contributed by atoms with E-state index in [1.54, 1.807) is 0 Å². The molecule has 0 saturated carbocycles. The molecule has 0 aliphatic carbocycles. The van der Waals surface area contributed by atoms with Crippen LogP contribution in [0.15, 0.2) is 4.99 Å². The first-order chi connectivity index (χ1) is 14.6. The highest BCUT2D eigenvalue weighted by Crippen LogP contribution is 2.18. The lowest BCUT2D eigenvalue weighted by molar-refractivity contribution is -1.03. The average Bonchev–Trinajstić information content (AvgIpc) is 3.10. The minimum atomic E-state index is -0.661. The first kappa shape index (κ1) is 27.1. The molecule has 30 heavy (non-hydrogen) atoms. The van der Waals surface area contributed by atoms with Crippen molar-refractivity contribution in [2.75, 3.05) is 19.6 Å². The second kappa shape index (κ2) is 17.7. The molecule has 5 heteroatoms. The zero-order valence-corrected chi connectivity index (χ0v) is 19.8. The molecule has 1 rings (SSSR count). The van der Waals surface area contributed by atoms with Gasteiger partial charge in [0.15, 0.2) is 0 Å². The fourth-order valence-corrected chi connectivity index (χ4v) is 4.44. The van der Waals surface area contributed by atoms with Gasteiger partial charge in [0.1, 0.15) is 13.1 Å². The number of aliphatic imine (C=N–C) groups is 1. The number of hydrogen-bond acceptors (Lipinski definition) is 3. The van der Waals surface area contributed by atoms with Crippen molar-refractivity contribution in [1.82, 2.24) is 0 Å². The summed E-state index contributed by atoms with van der Waals surface area (Å²) in [6, 6.07) is 0. The monoisotopic (exact) mass is 425 g/mol. The molecule has 1 atom stereocenters. The van der Waals surface area contributed by atoms with Gasteiger partial charge in [0, 0.05) is 12.8 Å². The van der Waals surface area contributed by atoms with Gasteiger partial charge in [-0.3, -0.25) is 4.79 Å². The Kier molecular flexibility index (Phi) is 16.0. The minimum Gasteiger partial charge on any atom is -0.481 e. The number of aliphatic carboxylic acids is 1. The van der Waals surface area contributed by atoms with Crippen molar-refractivity contribution in [3.8, 4) is 0 Å². The minimum absolute atomic E-state index is 0.0919. The Morgan fingerprint density at radius 1 is 0.767 bits per heavy atom. The third-order valence-corrected chi connectivity index (χ3v) is 6.56. The fourth-order valence-electron chi connectivity index (χ4n) is 4.44. The van der Waals surface area contributed by atoms with Crippen LogP contribution >= 0.6 is 0 Å². The maximum Gasteiger partial charge on any atom is 0.303 e. The molecule has 176 valence electrons. The van der Waals surface area contributed by atoms with E-state index in [9.17, 15) is 10.0 Å². The second-order valence-electron chi connectivity index (χ2n) is 9.16. The quantitative estimate of drug-likeness (QED) is 0.152. The van der Waals surface area contributed by atoms with Crippen molar-refractivity contribution in [2.45, 2.75) is 129 Å². The molecule has 0 bridgehead atoms. The van der Waals surface area contributed by atoms with Gasteiger partial charge in [-0.15, -0.1) is 4.65 Å². The first-order valence-electron chi connectivity index (χ1n) is 12.9. The molecule has 0 spiro atoms. The molecule has 5 nitrogen and oxygen atoms in total. The summed E-state index contributed by atoms with van der Waals surface area (Å²) in [5.74, 6) is 0.347. The lowest BCUT2D eigenvalue weighted by Crippen LogP contribution is -2.47. The van der Waals surface area contributed by atoms with E-state index < -0.39 is 5.97 Å². The van der Waals surface area contributed by atoms with Crippen LogP contribution in [-0.2, 0) is 4.79 Å². The van der Waals surface area contributed by atoms with Crippen molar-refractivity contribution in [3.05, 3.63) is 0 Å². The van der Waals surface area contributed by atoms with Crippen molar-refractivity contribution in [1.29, 1.82) is 0 Å². The third kappa shape index (κ3) is 13.4. The van der Waals surface area contributed by atoms with Gasteiger partial charge < -0.3 is 5.11 Å². The van der Waals surface area contributed by atoms with Crippen LogP contribution in [0.5, 0.6) is 0 Å². The molecule has 0 fully saturated rings. The van der Waals surface area contributed by atoms with Gasteiger partial charge in [0.25, 0.3) is 0 Å². The van der Waals surface area contributed by atoms with Gasteiger partial charge >= 0.3 is 5.97 Å². The smallest absolute Gasteiger partial charge is 0.303 e. The zero-order valence-electron chi connectivity index (χ0n) is 19.8. The number of unbranched alkanes of at least 4 members (excludes halogenated alkanes) is 16. The molecule has 0 aromatic rings. The Morgan fingerprint density at radius 3 is 1.57 bits per heavy atom. The predicted octanol–water partition coefficient (Wildman–Crippen LogP) is 7.12. The SMILES string of the molecule is CC[N+]1(O)CCN=C1CCCCCCCCCCCCCCCCCCCC(=O)O. The van der Waals surface area contributed by atoms with Crippen LogP contribution in [0.4, 0.5) is 0 Å². The molecular formula is C25H49N2O3+. The first-order valence-corrected chi connectivity index (χ1v) is 12.9. The highest BCUT2D eigenvalue weighted by molar-refractivity contribution is 5.76. The summed E-state index contributed by atoms with van der Waals surface area (Å²) in [7, 11) is 0. The van der Waals surface area contributed by atoms with E-state index in [2.05, 4.69) is 4.99 Å². The Balaban J connectivity index is 1.74. The standard InChI is InChI=1S/C25H48N2O3/c1-2-27(30)23-22-26-24(27)20-18-16-14-12-10-8-6-4-3-5-7-9-11-13-15-17-19-21-25(28)29/h30H,2-23H2,1H3/p+1. The lowest BCUT2D eigenvalue weighted by Gasteiger charge is -2.23. The van der Waals surface area contributed by atoms with Gasteiger partial charge in [-0.2, -0.15) is 0 Å². The largest absolute Gasteiger partial charge is 0.481 e. The summed E-state index contributed by atoms with van der Waals surface area (Å²) >= 11 is 0. The van der Waals surface area contributed by atoms with Crippen LogP contribution in [-0.4, -0.2) is 46.4 Å². The van der Waals surface area contributed by atoms with E-state index in [0.29, 0.717) is 6.42 Å². The van der Waals surface area contributed by atoms with Gasteiger partial charge in [-0.25, -0.2) is 10.2 Å². The number of carbonyl (C=O) groups is 1. The molecule has 0 aromatic carbocycles. The third-order valence-electron chi connectivity index (χ3n) is 6.56. The number of carboxylic acid groups (broad SMARTS) is 1. The average molecular weight is 426 g/mol. The molecule has 2 N–H and O–H groups in total. The molecule has 1 unspecified atom stereocenters. The maximum absolute atomic E-state index is 10.4. The normalized spacial score (nSPS) is 18.7. The molecule has 0 amide bonds. The summed E-state index contributed by atoms with van der Waals surface area (Å²) < 4.78 is 0.0919.